The van der Waals surface area contributed by atoms with Gasteiger partial charge in [0.2, 0.25) is 0 Å². The predicted octanol–water partition coefficient (Wildman–Crippen LogP) is 3.55. The van der Waals surface area contributed by atoms with Gasteiger partial charge in [-0.1, -0.05) is 42.1 Å². The molecule has 2 N–H and O–H groups in total. The number of aromatic nitrogens is 2. The van der Waals surface area contributed by atoms with Crippen LogP contribution in [0.25, 0.3) is 11.1 Å². The maximum absolute atomic E-state index is 6.20. The maximum Gasteiger partial charge on any atom is 0.155 e. The van der Waals surface area contributed by atoms with Crippen LogP contribution in [0.5, 0.6) is 11.5 Å². The summed E-state index contributed by atoms with van der Waals surface area (Å²) in [5, 5.41) is 0.599. The highest BCUT2D eigenvalue weighted by atomic mass is 32.2. The van der Waals surface area contributed by atoms with Crippen molar-refractivity contribution in [1.29, 1.82) is 0 Å². The fourth-order valence-electron chi connectivity index (χ4n) is 3.57. The molecule has 0 aliphatic carbocycles. The highest BCUT2D eigenvalue weighted by Gasteiger charge is 2.47. The average molecular weight is 346 g/mol. The van der Waals surface area contributed by atoms with Crippen LogP contribution < -0.4 is 10.5 Å². The zero-order chi connectivity index (χ0) is 16.9. The number of para-hydroxylation sites is 1. The topological polar surface area (TPSA) is 73.4 Å². The van der Waals surface area contributed by atoms with Crippen LogP contribution in [0, 0.1) is 0 Å². The lowest BCUT2D eigenvalue weighted by atomic mass is 9.78. The summed E-state index contributed by atoms with van der Waals surface area (Å²) in [6, 6.07) is 14.1. The van der Waals surface area contributed by atoms with Gasteiger partial charge in [0.05, 0.1) is 0 Å². The Bertz CT molecular complexity index is 1010. The molecule has 2 aromatic carbocycles. The number of ether oxygens (including phenoxy) is 1. The molecular weight excluding hydrogens is 332 g/mol. The summed E-state index contributed by atoms with van der Waals surface area (Å²) in [5.41, 5.74) is 9.56. The molecule has 0 fully saturated rings. The minimum absolute atomic E-state index is 0.550. The molecule has 1 aromatic heterocycles. The van der Waals surface area contributed by atoms with E-state index in [1.807, 2.05) is 42.7 Å². The van der Waals surface area contributed by atoms with Gasteiger partial charge < -0.3 is 10.5 Å². The van der Waals surface area contributed by atoms with Crippen LogP contribution in [0.2, 0.25) is 0 Å². The normalized spacial score (nSPS) is 20.6. The number of fused-ring (bicyclic) bond motifs is 4. The lowest BCUT2D eigenvalue weighted by Crippen LogP contribution is -2.30. The van der Waals surface area contributed by atoms with Crippen molar-refractivity contribution >= 4 is 16.9 Å². The highest BCUT2D eigenvalue weighted by Crippen LogP contribution is 2.55. The highest BCUT2D eigenvalue weighted by molar-refractivity contribution is 8.14. The van der Waals surface area contributed by atoms with Gasteiger partial charge in [0.15, 0.2) is 5.17 Å². The van der Waals surface area contributed by atoms with E-state index in [2.05, 4.69) is 22.1 Å². The van der Waals surface area contributed by atoms with Crippen molar-refractivity contribution in [2.24, 2.45) is 10.7 Å². The van der Waals surface area contributed by atoms with Crippen LogP contribution in [0.1, 0.15) is 11.1 Å². The third-order valence-electron chi connectivity index (χ3n) is 4.59. The number of hydrogen-bond acceptors (Lipinski definition) is 6. The van der Waals surface area contributed by atoms with Gasteiger partial charge in [-0.2, -0.15) is 0 Å². The van der Waals surface area contributed by atoms with Crippen molar-refractivity contribution in [3.63, 3.8) is 0 Å². The average Bonchev–Trinajstić information content (AvgIpc) is 3.04. The van der Waals surface area contributed by atoms with Crippen molar-refractivity contribution < 1.29 is 4.74 Å². The molecule has 25 heavy (non-hydrogen) atoms. The molecule has 2 aliphatic rings. The van der Waals surface area contributed by atoms with E-state index < -0.39 is 5.54 Å². The van der Waals surface area contributed by atoms with Gasteiger partial charge in [0.1, 0.15) is 23.4 Å². The quantitative estimate of drug-likeness (QED) is 0.729. The van der Waals surface area contributed by atoms with Crippen LogP contribution in [0.4, 0.5) is 0 Å². The van der Waals surface area contributed by atoms with Gasteiger partial charge in [-0.05, 0) is 17.7 Å². The molecule has 6 heteroatoms. The van der Waals surface area contributed by atoms with Crippen molar-refractivity contribution in [2.75, 3.05) is 5.75 Å². The second-order valence-corrected chi connectivity index (χ2v) is 7.00. The Labute approximate surface area is 149 Å². The van der Waals surface area contributed by atoms with E-state index >= 15 is 0 Å². The first-order chi connectivity index (χ1) is 12.3. The summed E-state index contributed by atoms with van der Waals surface area (Å²) in [6.45, 7) is 0. The van der Waals surface area contributed by atoms with E-state index in [9.17, 15) is 0 Å². The third-order valence-corrected chi connectivity index (χ3v) is 5.54. The molecule has 2 aliphatic heterocycles. The molecule has 3 heterocycles. The molecule has 0 saturated carbocycles. The number of benzene rings is 2. The van der Waals surface area contributed by atoms with Crippen LogP contribution in [-0.2, 0) is 5.54 Å². The predicted molar refractivity (Wildman–Crippen MR) is 98.8 cm³/mol. The Morgan fingerprint density at radius 3 is 2.60 bits per heavy atom. The van der Waals surface area contributed by atoms with Crippen LogP contribution in [0.3, 0.4) is 0 Å². The number of aliphatic imine (C=N–C) groups is 1. The van der Waals surface area contributed by atoms with Gasteiger partial charge in [-0.25, -0.2) is 15.0 Å². The number of thioether (sulfide) groups is 1. The molecule has 0 amide bonds. The summed E-state index contributed by atoms with van der Waals surface area (Å²) >= 11 is 1.57. The van der Waals surface area contributed by atoms with E-state index in [4.69, 9.17) is 15.5 Å². The standard InChI is InChI=1S/C19H14N4OS/c20-18-23-19(10-25-18)14-5-1-2-6-15(14)24-16-7-3-4-13(17(16)19)12-8-21-11-22-9-12/h1-9,11H,10H2,(H2,20,23). The monoisotopic (exact) mass is 346 g/mol. The lowest BCUT2D eigenvalue weighted by Gasteiger charge is -2.35. The minimum Gasteiger partial charge on any atom is -0.457 e. The molecular formula is C19H14N4OS. The largest absolute Gasteiger partial charge is 0.457 e. The second-order valence-electron chi connectivity index (χ2n) is 6.00. The fraction of sp³-hybridized carbons (Fsp3) is 0.105. The van der Waals surface area contributed by atoms with E-state index in [0.717, 1.165) is 39.5 Å². The molecule has 0 radical (unpaired) electrons. The molecule has 0 bridgehead atoms. The van der Waals surface area contributed by atoms with Gasteiger partial charge in [0.25, 0.3) is 0 Å². The first-order valence-corrected chi connectivity index (χ1v) is 8.91. The first kappa shape index (κ1) is 14.5. The van der Waals surface area contributed by atoms with Gasteiger partial charge in [-0.15, -0.1) is 0 Å². The zero-order valence-electron chi connectivity index (χ0n) is 13.2. The Kier molecular flexibility index (Phi) is 3.08. The molecule has 5 rings (SSSR count). The molecule has 1 atom stereocenters. The van der Waals surface area contributed by atoms with Crippen LogP contribution >= 0.6 is 11.8 Å². The number of hydrogen-bond donors (Lipinski definition) is 1. The van der Waals surface area contributed by atoms with Crippen molar-refractivity contribution in [3.8, 4) is 22.6 Å². The second kappa shape index (κ2) is 5.32. The van der Waals surface area contributed by atoms with Crippen molar-refractivity contribution in [1.82, 2.24) is 9.97 Å². The smallest absolute Gasteiger partial charge is 0.155 e. The van der Waals surface area contributed by atoms with E-state index in [0.29, 0.717) is 5.17 Å². The Hall–Kier alpha value is -2.86. The van der Waals surface area contributed by atoms with Gasteiger partial charge >= 0.3 is 0 Å². The van der Waals surface area contributed by atoms with Gasteiger partial charge in [-0.3, -0.25) is 0 Å². The molecule has 5 nitrogen and oxygen atoms in total. The molecule has 122 valence electrons. The number of rotatable bonds is 1. The summed E-state index contributed by atoms with van der Waals surface area (Å²) in [5.74, 6) is 2.38. The molecule has 1 unspecified atom stereocenters. The summed E-state index contributed by atoms with van der Waals surface area (Å²) in [6.07, 6.45) is 5.15. The maximum atomic E-state index is 6.20. The minimum atomic E-state index is -0.550. The first-order valence-electron chi connectivity index (χ1n) is 7.92. The van der Waals surface area contributed by atoms with Crippen molar-refractivity contribution in [2.45, 2.75) is 5.54 Å². The zero-order valence-corrected chi connectivity index (χ0v) is 14.0. The van der Waals surface area contributed by atoms with E-state index in [1.165, 1.54) is 6.33 Å². The Morgan fingerprint density at radius 2 is 1.80 bits per heavy atom. The van der Waals surface area contributed by atoms with E-state index in [1.54, 1.807) is 11.8 Å². The Balaban J connectivity index is 1.85. The summed E-state index contributed by atoms with van der Waals surface area (Å²) < 4.78 is 6.20. The Morgan fingerprint density at radius 1 is 1.00 bits per heavy atom. The lowest BCUT2D eigenvalue weighted by molar-refractivity contribution is 0.417. The summed E-state index contributed by atoms with van der Waals surface area (Å²) in [7, 11) is 0. The van der Waals surface area contributed by atoms with Crippen molar-refractivity contribution in [3.05, 3.63) is 72.3 Å². The SMILES string of the molecule is NC1=NC2(CS1)c1ccccc1Oc1cccc(-c3cncnc3)c12. The fourth-order valence-corrected chi connectivity index (χ4v) is 4.51. The summed E-state index contributed by atoms with van der Waals surface area (Å²) in [4.78, 5) is 13.2. The number of nitrogens with two attached hydrogens (primary N) is 1. The number of nitrogens with zero attached hydrogens (tertiary/aromatic N) is 3. The van der Waals surface area contributed by atoms with Crippen LogP contribution in [-0.4, -0.2) is 20.9 Å². The van der Waals surface area contributed by atoms with E-state index in [-0.39, 0.29) is 0 Å². The third kappa shape index (κ3) is 2.07. The van der Waals surface area contributed by atoms with Crippen LogP contribution in [0.15, 0.2) is 66.2 Å². The van der Waals surface area contributed by atoms with Gasteiger partial charge in [0, 0.05) is 34.8 Å². The number of amidine groups is 1. The molecule has 1 spiro atoms. The molecule has 0 saturated heterocycles. The molecule has 3 aromatic rings.